The second-order valence-electron chi connectivity index (χ2n) is 6.78. The Bertz CT molecular complexity index is 931. The summed E-state index contributed by atoms with van der Waals surface area (Å²) in [5.74, 6) is 0. The lowest BCUT2D eigenvalue weighted by atomic mass is 10.1. The Kier molecular flexibility index (Phi) is 5.54. The molecule has 3 rings (SSSR count). The van der Waals surface area contributed by atoms with Crippen molar-refractivity contribution in [1.29, 1.82) is 0 Å². The molecule has 140 valence electrons. The largest absolute Gasteiger partial charge is 0.366 e. The van der Waals surface area contributed by atoms with Gasteiger partial charge < -0.3 is 4.90 Å². The lowest BCUT2D eigenvalue weighted by molar-refractivity contribution is 0.342. The van der Waals surface area contributed by atoms with Gasteiger partial charge in [-0.3, -0.25) is 0 Å². The van der Waals surface area contributed by atoms with Crippen molar-refractivity contribution in [3.05, 3.63) is 57.6 Å². The highest BCUT2D eigenvalue weighted by Crippen LogP contribution is 2.32. The molecule has 2 aromatic carbocycles. The Balaban J connectivity index is 1.85. The molecule has 26 heavy (non-hydrogen) atoms. The first-order valence-corrected chi connectivity index (χ1v) is 10.7. The summed E-state index contributed by atoms with van der Waals surface area (Å²) >= 11 is 12.2. The van der Waals surface area contributed by atoms with Crippen molar-refractivity contribution in [1.82, 2.24) is 4.31 Å². The lowest BCUT2D eigenvalue weighted by Gasteiger charge is -2.40. The highest BCUT2D eigenvalue weighted by molar-refractivity contribution is 7.89. The molecule has 1 aliphatic heterocycles. The number of hydrogen-bond acceptors (Lipinski definition) is 3. The zero-order valence-corrected chi connectivity index (χ0v) is 17.4. The molecular formula is C19H22Cl2N2O2S. The van der Waals surface area contributed by atoms with E-state index in [0.717, 1.165) is 5.69 Å². The Morgan fingerprint density at radius 3 is 2.42 bits per heavy atom. The number of anilines is 1. The molecular weight excluding hydrogens is 391 g/mol. The molecule has 0 amide bonds. The molecule has 1 unspecified atom stereocenters. The quantitative estimate of drug-likeness (QED) is 0.744. The molecule has 1 aliphatic rings. The molecule has 4 nitrogen and oxygen atoms in total. The molecule has 0 aliphatic carbocycles. The summed E-state index contributed by atoms with van der Waals surface area (Å²) in [6, 6.07) is 11.4. The van der Waals surface area contributed by atoms with Gasteiger partial charge in [-0.05, 0) is 56.2 Å². The molecule has 1 fully saturated rings. The number of piperazine rings is 1. The van der Waals surface area contributed by atoms with Gasteiger partial charge in [-0.25, -0.2) is 8.42 Å². The highest BCUT2D eigenvalue weighted by atomic mass is 35.5. The van der Waals surface area contributed by atoms with Crippen molar-refractivity contribution in [2.24, 2.45) is 0 Å². The average molecular weight is 413 g/mol. The van der Waals surface area contributed by atoms with Crippen LogP contribution >= 0.6 is 23.2 Å². The van der Waals surface area contributed by atoms with Gasteiger partial charge in [0.25, 0.3) is 0 Å². The normalized spacial score (nSPS) is 19.0. The van der Waals surface area contributed by atoms with Crippen molar-refractivity contribution in [3.63, 3.8) is 0 Å². The average Bonchev–Trinajstić information content (AvgIpc) is 2.57. The van der Waals surface area contributed by atoms with Crippen LogP contribution in [0.4, 0.5) is 5.69 Å². The van der Waals surface area contributed by atoms with E-state index in [9.17, 15) is 8.42 Å². The minimum atomic E-state index is -3.66. The Labute approximate surface area is 165 Å². The van der Waals surface area contributed by atoms with Crippen LogP contribution in [0.15, 0.2) is 41.3 Å². The van der Waals surface area contributed by atoms with Gasteiger partial charge in [0.05, 0.1) is 5.02 Å². The first-order valence-electron chi connectivity index (χ1n) is 8.49. The predicted molar refractivity (Wildman–Crippen MR) is 108 cm³/mol. The fourth-order valence-electron chi connectivity index (χ4n) is 3.30. The first-order chi connectivity index (χ1) is 12.2. The molecule has 0 bridgehead atoms. The van der Waals surface area contributed by atoms with Gasteiger partial charge in [0.2, 0.25) is 10.0 Å². The maximum Gasteiger partial charge on any atom is 0.244 e. The minimum Gasteiger partial charge on any atom is -0.366 e. The summed E-state index contributed by atoms with van der Waals surface area (Å²) in [4.78, 5) is 2.37. The third-order valence-corrected chi connectivity index (χ3v) is 7.49. The van der Waals surface area contributed by atoms with E-state index < -0.39 is 10.0 Å². The van der Waals surface area contributed by atoms with Gasteiger partial charge in [0.1, 0.15) is 4.90 Å². The molecule has 7 heteroatoms. The van der Waals surface area contributed by atoms with E-state index in [1.807, 2.05) is 13.0 Å². The number of nitrogens with zero attached hydrogens (tertiary/aromatic N) is 2. The van der Waals surface area contributed by atoms with Crippen LogP contribution in [0.25, 0.3) is 0 Å². The standard InChI is InChI=1S/C19H22Cl2N2O2S/c1-13-5-4-6-16(9-13)23-8-7-22(12-15(23)3)26(24,25)19-10-14(2)17(20)11-18(19)21/h4-6,9-11,15H,7-8,12H2,1-3H3. The second kappa shape index (κ2) is 7.39. The Morgan fingerprint density at radius 2 is 1.77 bits per heavy atom. The van der Waals surface area contributed by atoms with Crippen LogP contribution in [-0.2, 0) is 10.0 Å². The van der Waals surface area contributed by atoms with E-state index in [0.29, 0.717) is 30.2 Å². The SMILES string of the molecule is Cc1cccc(N2CCN(S(=O)(=O)c3cc(C)c(Cl)cc3Cl)CC2C)c1. The minimum absolute atomic E-state index is 0.0625. The number of halogens is 2. The second-order valence-corrected chi connectivity index (χ2v) is 9.50. The third kappa shape index (κ3) is 3.72. The van der Waals surface area contributed by atoms with Crippen LogP contribution in [0, 0.1) is 13.8 Å². The maximum absolute atomic E-state index is 13.1. The van der Waals surface area contributed by atoms with E-state index in [4.69, 9.17) is 23.2 Å². The Morgan fingerprint density at radius 1 is 1.04 bits per heavy atom. The van der Waals surface area contributed by atoms with Gasteiger partial charge >= 0.3 is 0 Å². The van der Waals surface area contributed by atoms with Crippen LogP contribution < -0.4 is 4.90 Å². The van der Waals surface area contributed by atoms with E-state index in [1.165, 1.54) is 15.9 Å². The predicted octanol–water partition coefficient (Wildman–Crippen LogP) is 4.51. The van der Waals surface area contributed by atoms with Gasteiger partial charge in [-0.15, -0.1) is 0 Å². The van der Waals surface area contributed by atoms with E-state index in [1.54, 1.807) is 13.0 Å². The van der Waals surface area contributed by atoms with Gasteiger partial charge in [-0.1, -0.05) is 35.3 Å². The van der Waals surface area contributed by atoms with Gasteiger partial charge in [-0.2, -0.15) is 4.31 Å². The summed E-state index contributed by atoms with van der Waals surface area (Å²) < 4.78 is 27.7. The molecule has 0 aromatic heterocycles. The fraction of sp³-hybridized carbons (Fsp3) is 0.368. The number of rotatable bonds is 3. The van der Waals surface area contributed by atoms with Crippen molar-refractivity contribution >= 4 is 38.9 Å². The highest BCUT2D eigenvalue weighted by Gasteiger charge is 2.33. The van der Waals surface area contributed by atoms with Crippen LogP contribution in [-0.4, -0.2) is 38.4 Å². The van der Waals surface area contributed by atoms with Gasteiger partial charge in [0.15, 0.2) is 0 Å². The van der Waals surface area contributed by atoms with Crippen molar-refractivity contribution < 1.29 is 8.42 Å². The van der Waals surface area contributed by atoms with E-state index in [-0.39, 0.29) is 16.0 Å². The summed E-state index contributed by atoms with van der Waals surface area (Å²) in [6.45, 7) is 7.33. The monoisotopic (exact) mass is 412 g/mol. The number of hydrogen-bond donors (Lipinski definition) is 0. The van der Waals surface area contributed by atoms with Crippen LogP contribution in [0.2, 0.25) is 10.0 Å². The van der Waals surface area contributed by atoms with E-state index >= 15 is 0 Å². The topological polar surface area (TPSA) is 40.6 Å². The molecule has 1 atom stereocenters. The molecule has 0 radical (unpaired) electrons. The zero-order chi connectivity index (χ0) is 19.1. The van der Waals surface area contributed by atoms with Crippen molar-refractivity contribution in [2.75, 3.05) is 24.5 Å². The summed E-state index contributed by atoms with van der Waals surface area (Å²) in [6.07, 6.45) is 0. The van der Waals surface area contributed by atoms with Crippen LogP contribution in [0.5, 0.6) is 0 Å². The Hall–Kier alpha value is -1.27. The van der Waals surface area contributed by atoms with Crippen LogP contribution in [0.1, 0.15) is 18.1 Å². The van der Waals surface area contributed by atoms with Gasteiger partial charge in [0, 0.05) is 36.4 Å². The maximum atomic E-state index is 13.1. The fourth-order valence-corrected chi connectivity index (χ4v) is 5.62. The van der Waals surface area contributed by atoms with Crippen molar-refractivity contribution in [2.45, 2.75) is 31.7 Å². The smallest absolute Gasteiger partial charge is 0.244 e. The number of benzene rings is 2. The first kappa shape index (κ1) is 19.5. The molecule has 2 aromatic rings. The lowest BCUT2D eigenvalue weighted by Crippen LogP contribution is -2.53. The van der Waals surface area contributed by atoms with E-state index in [2.05, 4.69) is 30.0 Å². The zero-order valence-electron chi connectivity index (χ0n) is 15.0. The molecule has 1 saturated heterocycles. The summed E-state index contributed by atoms with van der Waals surface area (Å²) in [5, 5.41) is 0.626. The number of aryl methyl sites for hydroxylation is 2. The van der Waals surface area contributed by atoms with Crippen LogP contribution in [0.3, 0.4) is 0 Å². The summed E-state index contributed by atoms with van der Waals surface area (Å²) in [7, 11) is -3.66. The molecule has 0 saturated carbocycles. The number of sulfonamides is 1. The molecule has 0 N–H and O–H groups in total. The third-order valence-electron chi connectivity index (χ3n) is 4.75. The molecule has 0 spiro atoms. The summed E-state index contributed by atoms with van der Waals surface area (Å²) in [5.41, 5.74) is 3.00. The molecule has 1 heterocycles. The van der Waals surface area contributed by atoms with Crippen molar-refractivity contribution in [3.8, 4) is 0 Å².